The Morgan fingerprint density at radius 2 is 2.03 bits per heavy atom. The highest BCUT2D eigenvalue weighted by Gasteiger charge is 2.36. The third-order valence-corrected chi connectivity index (χ3v) is 6.39. The highest BCUT2D eigenvalue weighted by molar-refractivity contribution is 5.82. The number of rotatable bonds is 7. The molecule has 0 radical (unpaired) electrons. The van der Waals surface area contributed by atoms with E-state index in [2.05, 4.69) is 28.7 Å². The summed E-state index contributed by atoms with van der Waals surface area (Å²) in [5.41, 5.74) is 4.03. The van der Waals surface area contributed by atoms with Gasteiger partial charge in [0.05, 0.1) is 18.2 Å². The van der Waals surface area contributed by atoms with Gasteiger partial charge in [0.2, 0.25) is 0 Å². The van der Waals surface area contributed by atoms with Crippen LogP contribution in [0.5, 0.6) is 0 Å². The van der Waals surface area contributed by atoms with E-state index in [4.69, 9.17) is 4.74 Å². The van der Waals surface area contributed by atoms with E-state index in [1.807, 2.05) is 55.5 Å². The summed E-state index contributed by atoms with van der Waals surface area (Å²) in [6.07, 6.45) is 4.09. The molecule has 1 fully saturated rings. The number of nitriles is 1. The Balaban J connectivity index is 1.54. The van der Waals surface area contributed by atoms with Crippen LogP contribution in [0.1, 0.15) is 49.0 Å². The third-order valence-electron chi connectivity index (χ3n) is 6.39. The lowest BCUT2D eigenvalue weighted by Crippen LogP contribution is -2.39. The Labute approximate surface area is 183 Å². The molecule has 1 aliphatic heterocycles. The molecular weight excluding hydrogens is 386 g/mol. The van der Waals surface area contributed by atoms with E-state index in [9.17, 15) is 10.1 Å². The Morgan fingerprint density at radius 3 is 2.77 bits per heavy atom. The Morgan fingerprint density at radius 1 is 1.23 bits per heavy atom. The van der Waals surface area contributed by atoms with Crippen molar-refractivity contribution < 1.29 is 9.53 Å². The first-order chi connectivity index (χ1) is 15.1. The van der Waals surface area contributed by atoms with Crippen LogP contribution in [-0.4, -0.2) is 34.6 Å². The minimum atomic E-state index is -0.348. The SMILES string of the molecule is CCOC(=O)C(c1ccccc1)N1CCC[C@H]1CCc1cc2ccc(C#N)cc2n1C. The van der Waals surface area contributed by atoms with Gasteiger partial charge in [0.25, 0.3) is 0 Å². The molecule has 5 heteroatoms. The fourth-order valence-electron chi connectivity index (χ4n) is 4.84. The normalized spacial score (nSPS) is 17.5. The van der Waals surface area contributed by atoms with E-state index in [-0.39, 0.29) is 12.0 Å². The van der Waals surface area contributed by atoms with Crippen LogP contribution in [0, 0.1) is 11.3 Å². The predicted molar refractivity (Wildman–Crippen MR) is 121 cm³/mol. The molecule has 3 aromatic rings. The summed E-state index contributed by atoms with van der Waals surface area (Å²) in [7, 11) is 2.07. The summed E-state index contributed by atoms with van der Waals surface area (Å²) in [4.78, 5) is 15.2. The zero-order valence-corrected chi connectivity index (χ0v) is 18.3. The van der Waals surface area contributed by atoms with Gasteiger partial charge in [-0.05, 0) is 68.3 Å². The topological polar surface area (TPSA) is 58.3 Å². The number of aryl methyl sites for hydroxylation is 2. The molecule has 0 saturated carbocycles. The van der Waals surface area contributed by atoms with Crippen LogP contribution in [-0.2, 0) is 23.0 Å². The number of hydrogen-bond acceptors (Lipinski definition) is 4. The molecule has 2 heterocycles. The molecule has 0 spiro atoms. The molecule has 31 heavy (non-hydrogen) atoms. The molecule has 1 aliphatic rings. The van der Waals surface area contributed by atoms with E-state index >= 15 is 0 Å². The number of carbonyl (C=O) groups excluding carboxylic acids is 1. The fourth-order valence-corrected chi connectivity index (χ4v) is 4.84. The second-order valence-electron chi connectivity index (χ2n) is 8.22. The number of likely N-dealkylation sites (tertiary alicyclic amines) is 1. The maximum absolute atomic E-state index is 12.9. The van der Waals surface area contributed by atoms with Crippen LogP contribution >= 0.6 is 0 Å². The number of ether oxygens (including phenoxy) is 1. The molecule has 2 atom stereocenters. The van der Waals surface area contributed by atoms with Gasteiger partial charge in [-0.2, -0.15) is 5.26 Å². The van der Waals surface area contributed by atoms with Crippen molar-refractivity contribution in [2.45, 2.75) is 44.7 Å². The fraction of sp³-hybridized carbons (Fsp3) is 0.385. The molecule has 1 unspecified atom stereocenters. The number of nitrogens with zero attached hydrogens (tertiary/aromatic N) is 3. The summed E-state index contributed by atoms with van der Waals surface area (Å²) in [6.45, 7) is 3.16. The number of aromatic nitrogens is 1. The van der Waals surface area contributed by atoms with Crippen LogP contribution in [0.4, 0.5) is 0 Å². The van der Waals surface area contributed by atoms with Gasteiger partial charge in [-0.1, -0.05) is 36.4 Å². The van der Waals surface area contributed by atoms with Crippen molar-refractivity contribution in [3.8, 4) is 6.07 Å². The predicted octanol–water partition coefficient (Wildman–Crippen LogP) is 4.75. The van der Waals surface area contributed by atoms with Gasteiger partial charge < -0.3 is 9.30 Å². The summed E-state index contributed by atoms with van der Waals surface area (Å²) in [6, 6.07) is 20.3. The molecule has 0 N–H and O–H groups in total. The molecule has 2 aromatic carbocycles. The molecule has 1 saturated heterocycles. The molecular formula is C26H29N3O2. The first kappa shape index (κ1) is 21.1. The Kier molecular flexibility index (Phi) is 6.39. The summed E-state index contributed by atoms with van der Waals surface area (Å²) in [5, 5.41) is 10.4. The second kappa shape index (κ2) is 9.36. The average molecular weight is 416 g/mol. The number of benzene rings is 2. The highest BCUT2D eigenvalue weighted by atomic mass is 16.5. The molecule has 4 rings (SSSR count). The van der Waals surface area contributed by atoms with Gasteiger partial charge in [-0.15, -0.1) is 0 Å². The van der Waals surface area contributed by atoms with Gasteiger partial charge in [-0.3, -0.25) is 4.90 Å². The lowest BCUT2D eigenvalue weighted by atomic mass is 10.0. The van der Waals surface area contributed by atoms with E-state index in [0.717, 1.165) is 48.7 Å². The van der Waals surface area contributed by atoms with Gasteiger partial charge in [0.15, 0.2) is 0 Å². The van der Waals surface area contributed by atoms with Crippen LogP contribution < -0.4 is 0 Å². The quantitative estimate of drug-likeness (QED) is 0.523. The van der Waals surface area contributed by atoms with E-state index < -0.39 is 0 Å². The number of esters is 1. The molecule has 0 bridgehead atoms. The summed E-state index contributed by atoms with van der Waals surface area (Å²) >= 11 is 0. The van der Waals surface area contributed by atoms with Crippen molar-refractivity contribution in [2.24, 2.45) is 7.05 Å². The highest BCUT2D eigenvalue weighted by Crippen LogP contribution is 2.33. The average Bonchev–Trinajstić information content (AvgIpc) is 3.37. The molecule has 160 valence electrons. The Hall–Kier alpha value is -3.10. The second-order valence-corrected chi connectivity index (χ2v) is 8.22. The van der Waals surface area contributed by atoms with Crippen LogP contribution in [0.15, 0.2) is 54.6 Å². The number of carbonyl (C=O) groups is 1. The third kappa shape index (κ3) is 4.35. The van der Waals surface area contributed by atoms with Gasteiger partial charge in [0, 0.05) is 24.3 Å². The first-order valence-corrected chi connectivity index (χ1v) is 11.1. The van der Waals surface area contributed by atoms with Crippen molar-refractivity contribution in [3.63, 3.8) is 0 Å². The molecule has 0 amide bonds. The smallest absolute Gasteiger partial charge is 0.328 e. The van der Waals surface area contributed by atoms with Crippen molar-refractivity contribution in [3.05, 3.63) is 71.4 Å². The summed E-state index contributed by atoms with van der Waals surface area (Å²) in [5.74, 6) is -0.158. The minimum absolute atomic E-state index is 0.158. The molecule has 1 aromatic heterocycles. The molecule has 5 nitrogen and oxygen atoms in total. The van der Waals surface area contributed by atoms with E-state index in [0.29, 0.717) is 18.2 Å². The Bertz CT molecular complexity index is 1100. The lowest BCUT2D eigenvalue weighted by molar-refractivity contribution is -0.150. The van der Waals surface area contributed by atoms with Crippen molar-refractivity contribution in [1.29, 1.82) is 5.26 Å². The first-order valence-electron chi connectivity index (χ1n) is 11.1. The number of fused-ring (bicyclic) bond motifs is 1. The summed E-state index contributed by atoms with van der Waals surface area (Å²) < 4.78 is 7.64. The largest absolute Gasteiger partial charge is 0.465 e. The zero-order chi connectivity index (χ0) is 21.8. The van der Waals surface area contributed by atoms with E-state index in [1.165, 1.54) is 5.69 Å². The minimum Gasteiger partial charge on any atom is -0.465 e. The maximum Gasteiger partial charge on any atom is 0.328 e. The van der Waals surface area contributed by atoms with Crippen molar-refractivity contribution in [2.75, 3.05) is 13.2 Å². The van der Waals surface area contributed by atoms with Gasteiger partial charge in [0.1, 0.15) is 6.04 Å². The zero-order valence-electron chi connectivity index (χ0n) is 18.3. The van der Waals surface area contributed by atoms with Crippen molar-refractivity contribution in [1.82, 2.24) is 9.47 Å². The van der Waals surface area contributed by atoms with Gasteiger partial charge >= 0.3 is 5.97 Å². The van der Waals surface area contributed by atoms with E-state index in [1.54, 1.807) is 0 Å². The number of hydrogen-bond donors (Lipinski definition) is 0. The lowest BCUT2D eigenvalue weighted by Gasteiger charge is -2.32. The van der Waals surface area contributed by atoms with Gasteiger partial charge in [-0.25, -0.2) is 4.79 Å². The van der Waals surface area contributed by atoms with Crippen molar-refractivity contribution >= 4 is 16.9 Å². The monoisotopic (exact) mass is 415 g/mol. The van der Waals surface area contributed by atoms with Crippen LogP contribution in [0.2, 0.25) is 0 Å². The standard InChI is InChI=1S/C26H29N3O2/c1-3-31-26(30)25(20-8-5-4-6-9-20)29-15-7-10-22(29)13-14-23-17-21-12-11-19(18-27)16-24(21)28(23)2/h4-6,8-9,11-12,16-17,22,25H,3,7,10,13-15H2,1-2H3/t22-,25?/m0/s1. The van der Waals surface area contributed by atoms with Crippen LogP contribution in [0.3, 0.4) is 0 Å². The molecule has 0 aliphatic carbocycles. The van der Waals surface area contributed by atoms with Crippen LogP contribution in [0.25, 0.3) is 10.9 Å². The maximum atomic E-state index is 12.9.